The third-order valence-corrected chi connectivity index (χ3v) is 2.03. The van der Waals surface area contributed by atoms with Gasteiger partial charge in [0.1, 0.15) is 6.04 Å². The summed E-state index contributed by atoms with van der Waals surface area (Å²) in [5.74, 6) is -0.453. The number of unbranched alkanes of at least 4 members (excludes halogenated alkanes) is 2. The van der Waals surface area contributed by atoms with E-state index in [1.54, 1.807) is 13.8 Å². The van der Waals surface area contributed by atoms with Crippen LogP contribution in [0.25, 0.3) is 0 Å². The van der Waals surface area contributed by atoms with E-state index in [1.807, 2.05) is 0 Å². The Hall–Kier alpha value is -1.06. The van der Waals surface area contributed by atoms with Gasteiger partial charge in [-0.05, 0) is 20.3 Å². The summed E-state index contributed by atoms with van der Waals surface area (Å²) in [6, 6.07) is -0.543. The summed E-state index contributed by atoms with van der Waals surface area (Å²) in [6.45, 7) is 5.80. The summed E-state index contributed by atoms with van der Waals surface area (Å²) in [6.07, 6.45) is 3.48. The molecule has 0 spiro atoms. The summed E-state index contributed by atoms with van der Waals surface area (Å²) >= 11 is 0. The van der Waals surface area contributed by atoms with Gasteiger partial charge in [0, 0.05) is 6.42 Å². The second kappa shape index (κ2) is 8.26. The van der Waals surface area contributed by atoms with Gasteiger partial charge in [-0.15, -0.1) is 0 Å². The van der Waals surface area contributed by atoms with E-state index in [9.17, 15) is 9.59 Å². The van der Waals surface area contributed by atoms with Crippen LogP contribution in [0.2, 0.25) is 0 Å². The van der Waals surface area contributed by atoms with Gasteiger partial charge in [-0.25, -0.2) is 4.79 Å². The van der Waals surface area contributed by atoms with Crippen molar-refractivity contribution in [1.82, 2.24) is 5.32 Å². The number of hydrogen-bond acceptors (Lipinski definition) is 3. The van der Waals surface area contributed by atoms with Crippen molar-refractivity contribution in [2.24, 2.45) is 0 Å². The van der Waals surface area contributed by atoms with Crippen LogP contribution in [0.1, 0.15) is 46.5 Å². The number of ether oxygens (including phenoxy) is 1. The first kappa shape index (κ1) is 13.9. The molecule has 0 saturated carbocycles. The molecule has 0 unspecified atom stereocenters. The predicted octanol–water partition coefficient (Wildman–Crippen LogP) is 1.63. The average Bonchev–Trinajstić information content (AvgIpc) is 2.18. The van der Waals surface area contributed by atoms with Crippen molar-refractivity contribution >= 4 is 11.9 Å². The monoisotopic (exact) mass is 215 g/mol. The second-order valence-corrected chi connectivity index (χ2v) is 3.50. The van der Waals surface area contributed by atoms with Gasteiger partial charge >= 0.3 is 5.97 Å². The Morgan fingerprint density at radius 2 is 1.93 bits per heavy atom. The highest BCUT2D eigenvalue weighted by Gasteiger charge is 2.15. The minimum Gasteiger partial charge on any atom is -0.464 e. The molecule has 0 aromatic heterocycles. The molecule has 0 heterocycles. The molecule has 0 aromatic rings. The second-order valence-electron chi connectivity index (χ2n) is 3.50. The lowest BCUT2D eigenvalue weighted by atomic mass is 10.2. The summed E-state index contributed by atoms with van der Waals surface area (Å²) < 4.78 is 4.78. The van der Waals surface area contributed by atoms with Crippen molar-refractivity contribution in [1.29, 1.82) is 0 Å². The number of amides is 1. The first-order valence-electron chi connectivity index (χ1n) is 5.57. The van der Waals surface area contributed by atoms with E-state index in [1.165, 1.54) is 0 Å². The molecule has 0 saturated heterocycles. The minimum atomic E-state index is -0.543. The molecule has 0 fully saturated rings. The molecular formula is C11H21NO3. The zero-order chi connectivity index (χ0) is 11.7. The first-order valence-corrected chi connectivity index (χ1v) is 5.57. The number of nitrogens with one attached hydrogen (secondary N) is 1. The number of carbonyl (C=O) groups is 2. The Bertz CT molecular complexity index is 204. The Labute approximate surface area is 91.4 Å². The average molecular weight is 215 g/mol. The molecule has 4 heteroatoms. The highest BCUT2D eigenvalue weighted by Crippen LogP contribution is 1.99. The first-order chi connectivity index (χ1) is 7.11. The van der Waals surface area contributed by atoms with Crippen LogP contribution in [0.15, 0.2) is 0 Å². The molecule has 0 aliphatic heterocycles. The molecule has 88 valence electrons. The number of hydrogen-bond donors (Lipinski definition) is 1. The molecular weight excluding hydrogens is 194 g/mol. The Balaban J connectivity index is 3.70. The molecule has 1 atom stereocenters. The lowest BCUT2D eigenvalue weighted by Crippen LogP contribution is -2.39. The van der Waals surface area contributed by atoms with Crippen LogP contribution < -0.4 is 5.32 Å². The largest absolute Gasteiger partial charge is 0.464 e. The molecule has 4 nitrogen and oxygen atoms in total. The van der Waals surface area contributed by atoms with Gasteiger partial charge in [0.25, 0.3) is 0 Å². The summed E-state index contributed by atoms with van der Waals surface area (Å²) in [7, 11) is 0. The van der Waals surface area contributed by atoms with Crippen molar-refractivity contribution in [3.63, 3.8) is 0 Å². The molecule has 1 amide bonds. The zero-order valence-corrected chi connectivity index (χ0v) is 9.84. The number of carbonyl (C=O) groups excluding carboxylic acids is 2. The quantitative estimate of drug-likeness (QED) is 0.519. The minimum absolute atomic E-state index is 0.0796. The fraction of sp³-hybridized carbons (Fsp3) is 0.818. The molecule has 0 aromatic carbocycles. The van der Waals surface area contributed by atoms with E-state index in [2.05, 4.69) is 12.2 Å². The van der Waals surface area contributed by atoms with Crippen LogP contribution in [0.3, 0.4) is 0 Å². The van der Waals surface area contributed by atoms with E-state index < -0.39 is 6.04 Å². The van der Waals surface area contributed by atoms with Crippen LogP contribution in [0, 0.1) is 0 Å². The topological polar surface area (TPSA) is 55.4 Å². The molecule has 0 rings (SSSR count). The maximum absolute atomic E-state index is 11.3. The standard InChI is InChI=1S/C11H21NO3/c1-4-6-7-8-10(13)12-9(3)11(14)15-5-2/h9H,4-8H2,1-3H3,(H,12,13)/t9-/m1/s1. The SMILES string of the molecule is CCCCCC(=O)N[C@H](C)C(=O)OCC. The van der Waals surface area contributed by atoms with Crippen LogP contribution in [0.4, 0.5) is 0 Å². The summed E-state index contributed by atoms with van der Waals surface area (Å²) in [4.78, 5) is 22.5. The van der Waals surface area contributed by atoms with E-state index in [-0.39, 0.29) is 11.9 Å². The van der Waals surface area contributed by atoms with Crippen molar-refractivity contribution in [3.8, 4) is 0 Å². The highest BCUT2D eigenvalue weighted by atomic mass is 16.5. The van der Waals surface area contributed by atoms with Gasteiger partial charge < -0.3 is 10.1 Å². The maximum Gasteiger partial charge on any atom is 0.328 e. The molecule has 0 bridgehead atoms. The Morgan fingerprint density at radius 3 is 2.47 bits per heavy atom. The van der Waals surface area contributed by atoms with Crippen molar-refractivity contribution in [3.05, 3.63) is 0 Å². The zero-order valence-electron chi connectivity index (χ0n) is 9.84. The third kappa shape index (κ3) is 6.94. The van der Waals surface area contributed by atoms with Crippen LogP contribution in [-0.4, -0.2) is 24.5 Å². The van der Waals surface area contributed by atoms with Crippen molar-refractivity contribution in [2.45, 2.75) is 52.5 Å². The molecule has 1 N–H and O–H groups in total. The van der Waals surface area contributed by atoms with Gasteiger partial charge in [-0.3, -0.25) is 4.79 Å². The van der Waals surface area contributed by atoms with Gasteiger partial charge in [-0.2, -0.15) is 0 Å². The smallest absolute Gasteiger partial charge is 0.328 e. The lowest BCUT2D eigenvalue weighted by Gasteiger charge is -2.12. The summed E-state index contributed by atoms with van der Waals surface area (Å²) in [5.41, 5.74) is 0. The van der Waals surface area contributed by atoms with E-state index in [0.29, 0.717) is 13.0 Å². The van der Waals surface area contributed by atoms with Gasteiger partial charge in [0.15, 0.2) is 0 Å². The molecule has 15 heavy (non-hydrogen) atoms. The highest BCUT2D eigenvalue weighted by molar-refractivity contribution is 5.84. The fourth-order valence-electron chi connectivity index (χ4n) is 1.18. The fourth-order valence-corrected chi connectivity index (χ4v) is 1.18. The maximum atomic E-state index is 11.3. The van der Waals surface area contributed by atoms with Gasteiger partial charge in [-0.1, -0.05) is 19.8 Å². The van der Waals surface area contributed by atoms with Crippen LogP contribution in [0.5, 0.6) is 0 Å². The molecule has 0 aliphatic rings. The molecule has 0 radical (unpaired) electrons. The number of esters is 1. The number of rotatable bonds is 7. The Morgan fingerprint density at radius 1 is 1.27 bits per heavy atom. The predicted molar refractivity (Wildman–Crippen MR) is 58.4 cm³/mol. The van der Waals surface area contributed by atoms with Crippen molar-refractivity contribution in [2.75, 3.05) is 6.61 Å². The van der Waals surface area contributed by atoms with E-state index >= 15 is 0 Å². The van der Waals surface area contributed by atoms with Crippen LogP contribution in [-0.2, 0) is 14.3 Å². The normalized spacial score (nSPS) is 11.9. The van der Waals surface area contributed by atoms with Gasteiger partial charge in [0.2, 0.25) is 5.91 Å². The van der Waals surface area contributed by atoms with Gasteiger partial charge in [0.05, 0.1) is 6.61 Å². The van der Waals surface area contributed by atoms with Crippen LogP contribution >= 0.6 is 0 Å². The van der Waals surface area contributed by atoms with E-state index in [0.717, 1.165) is 19.3 Å². The lowest BCUT2D eigenvalue weighted by molar-refractivity contribution is -0.146. The molecule has 0 aliphatic carbocycles. The van der Waals surface area contributed by atoms with E-state index in [4.69, 9.17) is 4.74 Å². The summed E-state index contributed by atoms with van der Waals surface area (Å²) in [5, 5.41) is 2.61. The Kier molecular flexibility index (Phi) is 7.68. The third-order valence-electron chi connectivity index (χ3n) is 2.03. The van der Waals surface area contributed by atoms with Crippen molar-refractivity contribution < 1.29 is 14.3 Å².